The van der Waals surface area contributed by atoms with E-state index in [4.69, 9.17) is 14.2 Å². The van der Waals surface area contributed by atoms with Crippen molar-refractivity contribution in [2.24, 2.45) is 0 Å². The van der Waals surface area contributed by atoms with Gasteiger partial charge in [0.25, 0.3) is 0 Å². The fraction of sp³-hybridized carbons (Fsp3) is 0.911. The van der Waals surface area contributed by atoms with E-state index in [0.717, 1.165) is 64.2 Å². The Labute approximate surface area is 386 Å². The molecule has 0 aliphatic rings. The molecule has 0 spiro atoms. The molecule has 366 valence electrons. The molecule has 0 aliphatic heterocycles. The van der Waals surface area contributed by atoms with E-state index in [2.05, 4.69) is 32.9 Å². The molecular formula is C56H106O6. The van der Waals surface area contributed by atoms with E-state index in [1.807, 2.05) is 0 Å². The van der Waals surface area contributed by atoms with Crippen LogP contribution in [0.15, 0.2) is 12.2 Å². The van der Waals surface area contributed by atoms with Crippen molar-refractivity contribution in [1.82, 2.24) is 0 Å². The van der Waals surface area contributed by atoms with Crippen LogP contribution in [0.4, 0.5) is 0 Å². The molecule has 0 fully saturated rings. The van der Waals surface area contributed by atoms with E-state index < -0.39 is 6.10 Å². The summed E-state index contributed by atoms with van der Waals surface area (Å²) in [6, 6.07) is 0. The van der Waals surface area contributed by atoms with E-state index in [-0.39, 0.29) is 31.1 Å². The van der Waals surface area contributed by atoms with Crippen molar-refractivity contribution in [3.8, 4) is 0 Å². The first kappa shape index (κ1) is 60.2. The summed E-state index contributed by atoms with van der Waals surface area (Å²) in [7, 11) is 0. The summed E-state index contributed by atoms with van der Waals surface area (Å²) < 4.78 is 16.8. The minimum absolute atomic E-state index is 0.0681. The quantitative estimate of drug-likeness (QED) is 0.0262. The number of carbonyl (C=O) groups excluding carboxylic acids is 3. The number of hydrogen-bond acceptors (Lipinski definition) is 6. The molecule has 62 heavy (non-hydrogen) atoms. The van der Waals surface area contributed by atoms with E-state index in [1.54, 1.807) is 0 Å². The molecule has 6 nitrogen and oxygen atoms in total. The highest BCUT2D eigenvalue weighted by Crippen LogP contribution is 2.17. The first-order chi connectivity index (χ1) is 30.5. The Morgan fingerprint density at radius 2 is 0.548 bits per heavy atom. The van der Waals surface area contributed by atoms with Crippen molar-refractivity contribution in [2.75, 3.05) is 13.2 Å². The lowest BCUT2D eigenvalue weighted by Gasteiger charge is -2.18. The maximum atomic E-state index is 12.8. The highest BCUT2D eigenvalue weighted by Gasteiger charge is 2.19. The van der Waals surface area contributed by atoms with Gasteiger partial charge in [-0.05, 0) is 38.5 Å². The highest BCUT2D eigenvalue weighted by atomic mass is 16.6. The molecule has 0 aromatic heterocycles. The van der Waals surface area contributed by atoms with Crippen molar-refractivity contribution < 1.29 is 28.6 Å². The summed E-state index contributed by atoms with van der Waals surface area (Å²) in [6.45, 7) is 6.63. The van der Waals surface area contributed by atoms with E-state index in [9.17, 15) is 14.4 Å². The fourth-order valence-corrected chi connectivity index (χ4v) is 8.31. The molecule has 1 atom stereocenters. The Kier molecular flexibility index (Phi) is 50.2. The Balaban J connectivity index is 4.17. The van der Waals surface area contributed by atoms with Crippen LogP contribution >= 0.6 is 0 Å². The second kappa shape index (κ2) is 51.8. The molecule has 0 rings (SSSR count). The second-order valence-corrected chi connectivity index (χ2v) is 18.9. The smallest absolute Gasteiger partial charge is 0.306 e. The number of ether oxygens (including phenoxy) is 3. The molecule has 0 saturated heterocycles. The number of esters is 3. The molecule has 0 heterocycles. The topological polar surface area (TPSA) is 78.9 Å². The zero-order valence-corrected chi connectivity index (χ0v) is 41.9. The maximum Gasteiger partial charge on any atom is 0.306 e. The fourth-order valence-electron chi connectivity index (χ4n) is 8.31. The zero-order valence-electron chi connectivity index (χ0n) is 41.9. The first-order valence-corrected chi connectivity index (χ1v) is 27.7. The van der Waals surface area contributed by atoms with Gasteiger partial charge in [0.15, 0.2) is 6.10 Å². The summed E-state index contributed by atoms with van der Waals surface area (Å²) in [6.07, 6.45) is 57.8. The van der Waals surface area contributed by atoms with Crippen LogP contribution < -0.4 is 0 Å². The molecular weight excluding hydrogens is 769 g/mol. The molecule has 0 bridgehead atoms. The number of hydrogen-bond donors (Lipinski definition) is 0. The average Bonchev–Trinajstić information content (AvgIpc) is 3.27. The Morgan fingerprint density at radius 1 is 0.306 bits per heavy atom. The van der Waals surface area contributed by atoms with Gasteiger partial charge in [-0.1, -0.05) is 264 Å². The van der Waals surface area contributed by atoms with Crippen LogP contribution in [0.1, 0.15) is 310 Å². The van der Waals surface area contributed by atoms with Crippen LogP contribution in [0.2, 0.25) is 0 Å². The van der Waals surface area contributed by atoms with Crippen molar-refractivity contribution in [3.63, 3.8) is 0 Å². The van der Waals surface area contributed by atoms with Crippen LogP contribution in [0.25, 0.3) is 0 Å². The van der Waals surface area contributed by atoms with Gasteiger partial charge in [-0.3, -0.25) is 14.4 Å². The molecule has 0 aromatic carbocycles. The summed E-state index contributed by atoms with van der Waals surface area (Å²) >= 11 is 0. The molecule has 6 heteroatoms. The lowest BCUT2D eigenvalue weighted by molar-refractivity contribution is -0.167. The number of rotatable bonds is 51. The van der Waals surface area contributed by atoms with Gasteiger partial charge in [0.05, 0.1) is 0 Å². The lowest BCUT2D eigenvalue weighted by atomic mass is 10.0. The average molecular weight is 875 g/mol. The number of allylic oxidation sites excluding steroid dienone is 2. The van der Waals surface area contributed by atoms with Gasteiger partial charge < -0.3 is 14.2 Å². The molecule has 0 radical (unpaired) electrons. The largest absolute Gasteiger partial charge is 0.462 e. The predicted octanol–water partition coefficient (Wildman–Crippen LogP) is 18.2. The summed E-state index contributed by atoms with van der Waals surface area (Å²) in [5.41, 5.74) is 0. The van der Waals surface area contributed by atoms with E-state index in [1.165, 1.54) is 205 Å². The number of carbonyl (C=O) groups is 3. The normalized spacial score (nSPS) is 12.0. The predicted molar refractivity (Wildman–Crippen MR) is 266 cm³/mol. The van der Waals surface area contributed by atoms with Crippen LogP contribution in [-0.2, 0) is 28.6 Å². The van der Waals surface area contributed by atoms with Crippen molar-refractivity contribution in [2.45, 2.75) is 316 Å². The third kappa shape index (κ3) is 49.2. The minimum atomic E-state index is -0.767. The van der Waals surface area contributed by atoms with E-state index in [0.29, 0.717) is 19.3 Å². The molecule has 0 amide bonds. The summed E-state index contributed by atoms with van der Waals surface area (Å²) in [5, 5.41) is 0. The van der Waals surface area contributed by atoms with Crippen LogP contribution in [0, 0.1) is 0 Å². The monoisotopic (exact) mass is 875 g/mol. The van der Waals surface area contributed by atoms with Gasteiger partial charge in [-0.15, -0.1) is 0 Å². The third-order valence-corrected chi connectivity index (χ3v) is 12.5. The lowest BCUT2D eigenvalue weighted by Crippen LogP contribution is -2.30. The molecule has 0 aromatic rings. The molecule has 0 N–H and O–H groups in total. The first-order valence-electron chi connectivity index (χ1n) is 27.7. The van der Waals surface area contributed by atoms with Gasteiger partial charge in [0.1, 0.15) is 13.2 Å². The second-order valence-electron chi connectivity index (χ2n) is 18.9. The summed E-state index contributed by atoms with van der Waals surface area (Å²) in [5.74, 6) is -0.860. The Bertz CT molecular complexity index is 962. The summed E-state index contributed by atoms with van der Waals surface area (Å²) in [4.78, 5) is 37.9. The maximum absolute atomic E-state index is 12.8. The van der Waals surface area contributed by atoms with Gasteiger partial charge in [-0.25, -0.2) is 0 Å². The molecule has 0 saturated carbocycles. The standard InChI is InChI=1S/C56H106O6/c1-4-7-10-13-16-19-22-23-24-25-26-27-28-29-30-31-32-35-37-40-43-46-49-55(58)61-52-53(62-56(59)50-47-44-41-38-34-21-18-15-12-9-6-3)51-60-54(57)48-45-42-39-36-33-20-17-14-11-8-5-2/h15,18,53H,4-14,16-17,19-52H2,1-3H3/b18-15-. The third-order valence-electron chi connectivity index (χ3n) is 12.5. The zero-order chi connectivity index (χ0) is 45.1. The SMILES string of the molecule is CCCC/C=C\CCCCCCCC(=O)OC(COC(=O)CCCCCCCCCCCCC)COC(=O)CCCCCCCCCCCCCCCCCCCCCCCC. The van der Waals surface area contributed by atoms with Crippen molar-refractivity contribution in [1.29, 1.82) is 0 Å². The van der Waals surface area contributed by atoms with Gasteiger partial charge in [0, 0.05) is 19.3 Å². The van der Waals surface area contributed by atoms with E-state index >= 15 is 0 Å². The number of unbranched alkanes of at least 4 members (excludes halogenated alkanes) is 38. The molecule has 1 unspecified atom stereocenters. The van der Waals surface area contributed by atoms with Gasteiger partial charge in [0.2, 0.25) is 0 Å². The van der Waals surface area contributed by atoms with Gasteiger partial charge in [-0.2, -0.15) is 0 Å². The van der Waals surface area contributed by atoms with Crippen LogP contribution in [0.5, 0.6) is 0 Å². The van der Waals surface area contributed by atoms with Crippen molar-refractivity contribution in [3.05, 3.63) is 12.2 Å². The van der Waals surface area contributed by atoms with Gasteiger partial charge >= 0.3 is 17.9 Å². The molecule has 0 aliphatic carbocycles. The van der Waals surface area contributed by atoms with Crippen LogP contribution in [0.3, 0.4) is 0 Å². The Morgan fingerprint density at radius 3 is 0.855 bits per heavy atom. The Hall–Kier alpha value is -1.85. The van der Waals surface area contributed by atoms with Crippen LogP contribution in [-0.4, -0.2) is 37.2 Å². The highest BCUT2D eigenvalue weighted by molar-refractivity contribution is 5.71. The minimum Gasteiger partial charge on any atom is -0.462 e. The van der Waals surface area contributed by atoms with Crippen molar-refractivity contribution >= 4 is 17.9 Å².